The summed E-state index contributed by atoms with van der Waals surface area (Å²) < 4.78 is 0. The number of phenols is 1. The predicted molar refractivity (Wildman–Crippen MR) is 75.3 cm³/mol. The highest BCUT2D eigenvalue weighted by atomic mass is 16.3. The number of allylic oxidation sites excluding steroid dienone is 2. The van der Waals surface area contributed by atoms with Crippen molar-refractivity contribution in [1.29, 1.82) is 0 Å². The summed E-state index contributed by atoms with van der Waals surface area (Å²) in [4.78, 5) is 0. The van der Waals surface area contributed by atoms with Gasteiger partial charge in [-0.1, -0.05) is 42.4 Å². The van der Waals surface area contributed by atoms with Crippen LogP contribution >= 0.6 is 0 Å². The fourth-order valence-corrected chi connectivity index (χ4v) is 3.58. The minimum Gasteiger partial charge on any atom is -0.507 e. The van der Waals surface area contributed by atoms with Crippen molar-refractivity contribution < 1.29 is 5.11 Å². The highest BCUT2D eigenvalue weighted by Crippen LogP contribution is 2.34. The van der Waals surface area contributed by atoms with Gasteiger partial charge in [-0.3, -0.25) is 0 Å². The monoisotopic (exact) mass is 236 g/mol. The Morgan fingerprint density at radius 2 is 2.06 bits per heavy atom. The molecule has 0 heterocycles. The zero-order chi connectivity index (χ0) is 12.1. The van der Waals surface area contributed by atoms with Crippen LogP contribution in [0.4, 0.5) is 0 Å². The maximum Gasteiger partial charge on any atom is 0.124 e. The van der Waals surface area contributed by atoms with Crippen molar-refractivity contribution in [3.05, 3.63) is 39.8 Å². The van der Waals surface area contributed by atoms with Crippen LogP contribution in [0.2, 0.25) is 0 Å². The predicted octanol–water partition coefficient (Wildman–Crippen LogP) is 2.57. The van der Waals surface area contributed by atoms with Gasteiger partial charge in [-0.05, 0) is 47.6 Å². The number of rotatable bonds is 0. The Hall–Kier alpha value is -1.76. The van der Waals surface area contributed by atoms with E-state index >= 15 is 0 Å². The molecule has 0 spiro atoms. The first-order valence-corrected chi connectivity index (χ1v) is 6.80. The molecule has 1 fully saturated rings. The molecular weight excluding hydrogens is 220 g/mol. The van der Waals surface area contributed by atoms with Gasteiger partial charge in [0.2, 0.25) is 0 Å². The highest BCUT2D eigenvalue weighted by molar-refractivity contribution is 5.79. The van der Waals surface area contributed by atoms with Gasteiger partial charge in [0.1, 0.15) is 5.75 Å². The summed E-state index contributed by atoms with van der Waals surface area (Å²) in [5.74, 6) is 1.03. The van der Waals surface area contributed by atoms with E-state index in [0.29, 0.717) is 11.7 Å². The van der Waals surface area contributed by atoms with Gasteiger partial charge in [-0.25, -0.2) is 0 Å². The minimum absolute atomic E-state index is 0.468. The van der Waals surface area contributed by atoms with Crippen molar-refractivity contribution >= 4 is 23.8 Å². The Morgan fingerprint density at radius 3 is 3.00 bits per heavy atom. The lowest BCUT2D eigenvalue weighted by atomic mass is 9.78. The van der Waals surface area contributed by atoms with Crippen molar-refractivity contribution in [2.45, 2.75) is 25.7 Å². The van der Waals surface area contributed by atoms with E-state index in [4.69, 9.17) is 0 Å². The summed E-state index contributed by atoms with van der Waals surface area (Å²) in [7, 11) is 0. The summed E-state index contributed by atoms with van der Waals surface area (Å²) >= 11 is 0. The SMILES string of the molecule is Oc1cc2c(c3c1=C1CCCCC1C=C3)C=CC=2. The molecule has 0 aromatic heterocycles. The molecule has 1 atom stereocenters. The summed E-state index contributed by atoms with van der Waals surface area (Å²) in [6.07, 6.45) is 15.8. The Bertz CT molecular complexity index is 704. The van der Waals surface area contributed by atoms with E-state index in [1.54, 1.807) is 0 Å². The van der Waals surface area contributed by atoms with Crippen molar-refractivity contribution in [2.24, 2.45) is 5.92 Å². The third kappa shape index (κ3) is 1.28. The van der Waals surface area contributed by atoms with Gasteiger partial charge in [-0.2, -0.15) is 0 Å². The molecule has 1 aromatic rings. The average molecular weight is 236 g/mol. The van der Waals surface area contributed by atoms with Crippen LogP contribution in [0.3, 0.4) is 0 Å². The van der Waals surface area contributed by atoms with Crippen LogP contribution in [0.15, 0.2) is 18.2 Å². The topological polar surface area (TPSA) is 20.2 Å². The van der Waals surface area contributed by atoms with Gasteiger partial charge < -0.3 is 5.11 Å². The van der Waals surface area contributed by atoms with Crippen molar-refractivity contribution in [3.8, 4) is 5.75 Å². The van der Waals surface area contributed by atoms with E-state index in [9.17, 15) is 5.11 Å². The fourth-order valence-electron chi connectivity index (χ4n) is 3.58. The van der Waals surface area contributed by atoms with Crippen LogP contribution in [0.1, 0.15) is 36.8 Å². The van der Waals surface area contributed by atoms with Gasteiger partial charge >= 0.3 is 0 Å². The number of fused-ring (bicyclic) bond motifs is 4. The quantitative estimate of drug-likeness (QED) is 0.734. The molecule has 18 heavy (non-hydrogen) atoms. The van der Waals surface area contributed by atoms with E-state index in [1.807, 2.05) is 6.07 Å². The molecule has 0 bridgehead atoms. The second-order valence-electron chi connectivity index (χ2n) is 5.45. The molecule has 1 N–H and O–H groups in total. The third-order valence-corrected chi connectivity index (χ3v) is 4.43. The van der Waals surface area contributed by atoms with Gasteiger partial charge in [-0.15, -0.1) is 0 Å². The summed E-state index contributed by atoms with van der Waals surface area (Å²) in [5, 5.41) is 12.6. The number of hydrogen-bond donors (Lipinski definition) is 1. The molecule has 1 heteroatoms. The normalized spacial score (nSPS) is 23.3. The zero-order valence-electron chi connectivity index (χ0n) is 10.3. The lowest BCUT2D eigenvalue weighted by Gasteiger charge is -2.27. The molecular formula is C17H16O. The molecule has 0 amide bonds. The number of phenolic OH excluding ortho intramolecular Hbond substituents is 1. The smallest absolute Gasteiger partial charge is 0.124 e. The van der Waals surface area contributed by atoms with E-state index in [-0.39, 0.29) is 0 Å². The summed E-state index contributed by atoms with van der Waals surface area (Å²) in [5.41, 5.74) is 3.96. The van der Waals surface area contributed by atoms with E-state index < -0.39 is 0 Å². The summed E-state index contributed by atoms with van der Waals surface area (Å²) in [6, 6.07) is 1.92. The molecule has 90 valence electrons. The van der Waals surface area contributed by atoms with Crippen LogP contribution < -0.4 is 10.4 Å². The maximum absolute atomic E-state index is 10.4. The lowest BCUT2D eigenvalue weighted by molar-refractivity contribution is 0.466. The second-order valence-corrected chi connectivity index (χ2v) is 5.45. The van der Waals surface area contributed by atoms with Crippen molar-refractivity contribution in [3.63, 3.8) is 0 Å². The first-order valence-electron chi connectivity index (χ1n) is 6.80. The van der Waals surface area contributed by atoms with Gasteiger partial charge in [0.25, 0.3) is 0 Å². The average Bonchev–Trinajstić information content (AvgIpc) is 2.86. The van der Waals surface area contributed by atoms with Crippen LogP contribution in [0.25, 0.3) is 23.8 Å². The first kappa shape index (κ1) is 10.2. The first-order chi connectivity index (χ1) is 8.84. The molecule has 3 aliphatic rings. The third-order valence-electron chi connectivity index (χ3n) is 4.43. The summed E-state index contributed by atoms with van der Waals surface area (Å²) in [6.45, 7) is 0. The second kappa shape index (κ2) is 3.61. The minimum atomic E-state index is 0.468. The molecule has 1 saturated carbocycles. The number of aromatic hydroxyl groups is 1. The molecule has 0 saturated heterocycles. The molecule has 0 radical (unpaired) electrons. The Morgan fingerprint density at radius 1 is 1.11 bits per heavy atom. The van der Waals surface area contributed by atoms with E-state index in [2.05, 4.69) is 30.4 Å². The standard InChI is InChI=1S/C17H16O/c18-16-10-12-5-3-7-13(12)15-9-8-11-4-1-2-6-14(11)17(15)16/h3,5,7-11,18H,1-2,4,6H2. The zero-order valence-corrected chi connectivity index (χ0v) is 10.3. The largest absolute Gasteiger partial charge is 0.507 e. The van der Waals surface area contributed by atoms with Gasteiger partial charge in [0, 0.05) is 5.22 Å². The Labute approximate surface area is 106 Å². The molecule has 0 aliphatic heterocycles. The number of benzene rings is 1. The maximum atomic E-state index is 10.4. The Balaban J connectivity index is 2.13. The van der Waals surface area contributed by atoms with Crippen LogP contribution in [0.5, 0.6) is 5.75 Å². The van der Waals surface area contributed by atoms with E-state index in [0.717, 1.165) is 16.9 Å². The lowest BCUT2D eigenvalue weighted by Crippen LogP contribution is -2.26. The van der Waals surface area contributed by atoms with Crippen molar-refractivity contribution in [1.82, 2.24) is 0 Å². The molecule has 1 aromatic carbocycles. The molecule has 1 nitrogen and oxygen atoms in total. The van der Waals surface area contributed by atoms with Crippen LogP contribution in [-0.4, -0.2) is 5.11 Å². The van der Waals surface area contributed by atoms with Crippen molar-refractivity contribution in [2.75, 3.05) is 0 Å². The Kier molecular flexibility index (Phi) is 2.05. The molecule has 1 unspecified atom stereocenters. The molecule has 4 rings (SSSR count). The van der Waals surface area contributed by atoms with Crippen LogP contribution in [0, 0.1) is 5.92 Å². The van der Waals surface area contributed by atoms with Gasteiger partial charge in [0.05, 0.1) is 0 Å². The van der Waals surface area contributed by atoms with Crippen LogP contribution in [-0.2, 0) is 0 Å². The number of hydrogen-bond acceptors (Lipinski definition) is 1. The highest BCUT2D eigenvalue weighted by Gasteiger charge is 2.23. The van der Waals surface area contributed by atoms with E-state index in [1.165, 1.54) is 36.0 Å². The van der Waals surface area contributed by atoms with Gasteiger partial charge in [0.15, 0.2) is 0 Å². The fraction of sp³-hybridized carbons (Fsp3) is 0.294. The molecule has 3 aliphatic carbocycles.